The van der Waals surface area contributed by atoms with E-state index < -0.39 is 192 Å². The minimum absolute atomic E-state index is 0.00759. The van der Waals surface area contributed by atoms with Crippen LogP contribution in [0.1, 0.15) is 136 Å². The summed E-state index contributed by atoms with van der Waals surface area (Å²) in [5, 5.41) is 37.9. The number of Topliss-reactive ketones (excluding diaryl/α,β-unsaturated/α-hetero) is 1. The summed E-state index contributed by atoms with van der Waals surface area (Å²) < 4.78 is 0. The highest BCUT2D eigenvalue weighted by Gasteiger charge is 2.40. The van der Waals surface area contributed by atoms with Crippen LogP contribution in [0.2, 0.25) is 0 Å². The lowest BCUT2D eigenvalue weighted by atomic mass is 9.92. The van der Waals surface area contributed by atoms with E-state index in [4.69, 9.17) is 45.9 Å². The van der Waals surface area contributed by atoms with Gasteiger partial charge in [-0.05, 0) is 75.7 Å². The van der Waals surface area contributed by atoms with Crippen LogP contribution in [0, 0.1) is 11.8 Å². The zero-order valence-electron chi connectivity index (χ0n) is 63.7. The van der Waals surface area contributed by atoms with Gasteiger partial charge in [-0.25, -0.2) is 4.98 Å². The Bertz CT molecular complexity index is 3580. The SMILES string of the molecule is CC[C@H](C)[C@H](NC(=O)[C@H](CCCN=C(N)N)NC(=O)CNC(=O)CNC(=O)[C@H](C)N(C(=O)[C@H](CS)NC(=O)[C@@H](N)Cc1cnc[nH]1)C1CCCCC1)C(=O)N[C@@H](CC(=O)O)C(=O)N[C@@H](CCCN=C(N)N)C(=O)N[C@H](C(=O)N[C@@H](Cc1ccccc1)C(=O)N[C@@H](CCCN=C(N)N)C(=O)N[C@@H](CS)C(=O)C(N)=O)[C@@H](C)CC. The van der Waals surface area contributed by atoms with Gasteiger partial charge in [-0.2, -0.15) is 25.3 Å². The van der Waals surface area contributed by atoms with Gasteiger partial charge in [-0.3, -0.25) is 86.9 Å². The molecule has 41 nitrogen and oxygen atoms in total. The number of guanidine groups is 3. The number of carboxylic acids is 1. The lowest BCUT2D eigenvalue weighted by Gasteiger charge is -2.39. The van der Waals surface area contributed by atoms with Gasteiger partial charge in [-0.15, -0.1) is 0 Å². The van der Waals surface area contributed by atoms with E-state index in [-0.39, 0.29) is 113 Å². The van der Waals surface area contributed by atoms with E-state index in [2.05, 4.69) is 109 Å². The molecule has 0 spiro atoms. The molecule has 43 heteroatoms. The lowest BCUT2D eigenvalue weighted by molar-refractivity contribution is -0.146. The highest BCUT2D eigenvalue weighted by atomic mass is 32.1. The second-order valence-corrected chi connectivity index (χ2v) is 27.8. The van der Waals surface area contributed by atoms with Crippen molar-refractivity contribution in [3.8, 4) is 0 Å². The van der Waals surface area contributed by atoms with Crippen LogP contribution in [0.3, 0.4) is 0 Å². The van der Waals surface area contributed by atoms with Crippen LogP contribution < -0.4 is 104 Å². The summed E-state index contributed by atoms with van der Waals surface area (Å²) in [6.07, 6.45) is 5.23. The van der Waals surface area contributed by atoms with Crippen LogP contribution in [-0.2, 0) is 84.8 Å². The van der Waals surface area contributed by atoms with E-state index in [1.54, 1.807) is 58.0 Å². The first kappa shape index (κ1) is 95.4. The molecule has 1 fully saturated rings. The molecule has 1 heterocycles. The van der Waals surface area contributed by atoms with Crippen molar-refractivity contribution >= 4 is 132 Å². The van der Waals surface area contributed by atoms with Crippen LogP contribution in [0.25, 0.3) is 0 Å². The Morgan fingerprint density at radius 3 is 1.42 bits per heavy atom. The number of aliphatic carboxylic acids is 1. The number of carbonyl (C=O) groups is 15. The summed E-state index contributed by atoms with van der Waals surface area (Å²) in [7, 11) is 0. The number of primary amides is 1. The largest absolute Gasteiger partial charge is 0.481 e. The van der Waals surface area contributed by atoms with Crippen LogP contribution >= 0.6 is 25.3 Å². The average molecular weight is 1610 g/mol. The number of aromatic amines is 1. The Morgan fingerprint density at radius 2 is 0.964 bits per heavy atom. The number of nitrogens with zero attached hydrogens (tertiary/aromatic N) is 5. The molecule has 622 valence electrons. The number of carbonyl (C=O) groups excluding carboxylic acids is 14. The standard InChI is InChI=1S/C69H113N25O16S2/c1-6-36(3)53(64(108)88-46(27-39-17-10-8-11-18-39)62(106)86-44(22-15-25-80-68(74)75)59(103)90-48(33-111)55(99)56(71)100)93-61(105)45(23-16-26-81-69(76)77)87-63(107)47(29-52(97)98)89-65(109)54(37(4)7-2)92-60(104)43(21-14-24-79-67(72)73)85-51(96)32-82-50(95)31-83-57(101)38(5)94(41-19-12-9-13-20-41)66(110)49(34-112)91-58(102)42(70)28-40-30-78-35-84-40/h8,10-11,17-18,30,35-38,41-49,53-54,111-112H,6-7,9,12-16,19-29,31-34,70H2,1-5H3,(H2,71,100)(H,78,84)(H,82,95)(H,83,101)(H,85,96)(H,86,106)(H,87,107)(H,88,108)(H,89,109)(H,90,103)(H,91,102)(H,92,104)(H,93,105)(H,97,98)(H4,72,73,79)(H4,74,75,80)(H4,76,77,81)/t36-,37-,38-,42-,43-,44-,45-,46-,47-,48-,49-,53-,54-/m0/s1. The average Bonchev–Trinajstić information content (AvgIpc) is 1.07. The quantitative estimate of drug-likeness (QED) is 0.00962. The maximum Gasteiger partial charge on any atom is 0.305 e. The molecule has 0 unspecified atom stereocenters. The Morgan fingerprint density at radius 1 is 0.527 bits per heavy atom. The molecular weight excluding hydrogens is 1500 g/mol. The normalized spacial score (nSPS) is 15.4. The molecule has 2 aromatic rings. The number of nitrogens with two attached hydrogens (primary N) is 8. The zero-order valence-corrected chi connectivity index (χ0v) is 65.5. The molecule has 112 heavy (non-hydrogen) atoms. The number of hydrogen-bond donors (Lipinski definition) is 23. The molecule has 1 saturated carbocycles. The first-order chi connectivity index (χ1) is 53.0. The maximum absolute atomic E-state index is 14.7. The number of H-pyrrole nitrogens is 1. The van der Waals surface area contributed by atoms with Crippen LogP contribution in [0.5, 0.6) is 0 Å². The number of aromatic nitrogens is 2. The number of amides is 13. The van der Waals surface area contributed by atoms with Crippen LogP contribution in [-0.4, -0.2) is 243 Å². The van der Waals surface area contributed by atoms with Gasteiger partial charge in [-0.1, -0.05) is 90.1 Å². The predicted molar refractivity (Wildman–Crippen MR) is 420 cm³/mol. The zero-order chi connectivity index (χ0) is 83.7. The summed E-state index contributed by atoms with van der Waals surface area (Å²) in [5.74, 6) is -17.8. The smallest absolute Gasteiger partial charge is 0.305 e. The molecule has 1 aliphatic rings. The van der Waals surface area contributed by atoms with E-state index in [9.17, 15) is 77.0 Å². The summed E-state index contributed by atoms with van der Waals surface area (Å²) in [6.45, 7) is 6.39. The number of nitrogens with one attached hydrogen (secondary N) is 12. The Hall–Kier alpha value is -10.9. The molecule has 29 N–H and O–H groups in total. The number of benzene rings is 1. The summed E-state index contributed by atoms with van der Waals surface area (Å²) in [4.78, 5) is 226. The monoisotopic (exact) mass is 1610 g/mol. The number of aliphatic imine (C=N–C) groups is 3. The number of ketones is 1. The number of hydrogen-bond acceptors (Lipinski definition) is 22. The molecule has 3 rings (SSSR count). The highest BCUT2D eigenvalue weighted by Crippen LogP contribution is 2.26. The fraction of sp³-hybridized carbons (Fsp3) is 0.609. The molecule has 0 saturated heterocycles. The number of rotatable bonds is 51. The Labute approximate surface area is 660 Å². The van der Waals surface area contributed by atoms with Gasteiger partial charge >= 0.3 is 5.97 Å². The van der Waals surface area contributed by atoms with Gasteiger partial charge in [0.1, 0.15) is 60.4 Å². The Kier molecular flexibility index (Phi) is 42.7. The third-order valence-electron chi connectivity index (χ3n) is 18.3. The maximum atomic E-state index is 14.7. The minimum Gasteiger partial charge on any atom is -0.481 e. The van der Waals surface area contributed by atoms with Gasteiger partial charge < -0.3 is 119 Å². The van der Waals surface area contributed by atoms with Crippen LogP contribution in [0.4, 0.5) is 0 Å². The van der Waals surface area contributed by atoms with Gasteiger partial charge in [0.25, 0.3) is 5.91 Å². The van der Waals surface area contributed by atoms with Gasteiger partial charge in [0.05, 0.1) is 31.9 Å². The molecule has 13 amide bonds. The van der Waals surface area contributed by atoms with E-state index in [0.717, 1.165) is 19.3 Å². The van der Waals surface area contributed by atoms with Crippen molar-refractivity contribution in [3.63, 3.8) is 0 Å². The van der Waals surface area contributed by atoms with Crippen molar-refractivity contribution in [1.82, 2.24) is 73.4 Å². The summed E-state index contributed by atoms with van der Waals surface area (Å²) >= 11 is 8.41. The van der Waals surface area contributed by atoms with Crippen LogP contribution in [0.15, 0.2) is 57.8 Å². The third-order valence-corrected chi connectivity index (χ3v) is 19.1. The van der Waals surface area contributed by atoms with Crippen molar-refractivity contribution in [2.24, 2.45) is 72.7 Å². The molecule has 0 aliphatic heterocycles. The molecule has 0 bridgehead atoms. The molecule has 0 radical (unpaired) electrons. The first-order valence-electron chi connectivity index (χ1n) is 36.8. The van der Waals surface area contributed by atoms with Crippen molar-refractivity contribution < 1.29 is 77.0 Å². The van der Waals surface area contributed by atoms with E-state index >= 15 is 0 Å². The fourth-order valence-corrected chi connectivity index (χ4v) is 12.2. The predicted octanol–water partition coefficient (Wildman–Crippen LogP) is -6.69. The molecule has 13 atom stereocenters. The molecule has 1 aromatic carbocycles. The second-order valence-electron chi connectivity index (χ2n) is 27.1. The summed E-state index contributed by atoms with van der Waals surface area (Å²) in [5.41, 5.74) is 45.7. The van der Waals surface area contributed by atoms with Gasteiger partial charge in [0.2, 0.25) is 76.7 Å². The van der Waals surface area contributed by atoms with Crippen molar-refractivity contribution in [2.75, 3.05) is 44.2 Å². The fourth-order valence-electron chi connectivity index (χ4n) is 11.7. The molecule has 1 aliphatic carbocycles. The summed E-state index contributed by atoms with van der Waals surface area (Å²) in [6, 6.07) is -8.03. The van der Waals surface area contributed by atoms with Gasteiger partial charge in [0, 0.05) is 61.9 Å². The van der Waals surface area contributed by atoms with Crippen molar-refractivity contribution in [2.45, 2.75) is 210 Å². The Balaban J connectivity index is 1.89. The van der Waals surface area contributed by atoms with Crippen molar-refractivity contribution in [3.05, 3.63) is 54.1 Å². The first-order valence-corrected chi connectivity index (χ1v) is 38.1. The third kappa shape index (κ3) is 34.2. The minimum atomic E-state index is -1.98. The number of carboxylic acid groups (broad SMARTS) is 1. The molecular formula is C69H113N25O16S2. The second kappa shape index (κ2) is 50.1. The topological polar surface area (TPSA) is 686 Å². The lowest BCUT2D eigenvalue weighted by Crippen LogP contribution is -2.62. The number of thiol groups is 2. The van der Waals surface area contributed by atoms with Gasteiger partial charge in [0.15, 0.2) is 17.9 Å². The highest BCUT2D eigenvalue weighted by molar-refractivity contribution is 7.80. The van der Waals surface area contributed by atoms with Crippen molar-refractivity contribution in [1.29, 1.82) is 0 Å². The molecule has 1 aromatic heterocycles. The van der Waals surface area contributed by atoms with E-state index in [1.807, 2.05) is 0 Å². The van der Waals surface area contributed by atoms with E-state index in [1.165, 1.54) is 24.3 Å². The number of imidazole rings is 1. The van der Waals surface area contributed by atoms with E-state index in [0.29, 0.717) is 24.1 Å².